The lowest BCUT2D eigenvalue weighted by Crippen LogP contribution is -3.11. The summed E-state index contributed by atoms with van der Waals surface area (Å²) in [5, 5.41) is 9.48. The summed E-state index contributed by atoms with van der Waals surface area (Å²) >= 11 is 0. The first-order chi connectivity index (χ1) is 6.52. The topological polar surface area (TPSA) is 70.9 Å². The maximum absolute atomic E-state index is 9.83. The molecular weight excluding hydrogens is 186 g/mol. The first-order valence-corrected chi connectivity index (χ1v) is 4.60. The van der Waals surface area contributed by atoms with Crippen LogP contribution < -0.4 is 10.0 Å². The number of rotatable bonds is 2. The van der Waals surface area contributed by atoms with Gasteiger partial charge in [-0.2, -0.15) is 0 Å². The summed E-state index contributed by atoms with van der Waals surface area (Å²) in [7, 11) is 2.20. The fraction of sp³-hybridized carbons (Fsp3) is 0.778. The van der Waals surface area contributed by atoms with Crippen molar-refractivity contribution in [2.24, 2.45) is 0 Å². The summed E-state index contributed by atoms with van der Waals surface area (Å²) in [5.41, 5.74) is 0. The molecule has 1 rings (SSSR count). The number of aliphatic carboxylic acids is 1. The number of carboxylic acid groups (broad SMARTS) is 1. The molecule has 1 saturated heterocycles. The van der Waals surface area contributed by atoms with E-state index in [1.807, 2.05) is 0 Å². The first-order valence-electron chi connectivity index (χ1n) is 4.60. The Kier molecular flexibility index (Phi) is 6.96. The van der Waals surface area contributed by atoms with Crippen LogP contribution in [0.5, 0.6) is 0 Å². The minimum Gasteiger partial charge on any atom is -0.550 e. The molecule has 5 nitrogen and oxygen atoms in total. The summed E-state index contributed by atoms with van der Waals surface area (Å²) in [6.07, 6.45) is -0.472. The summed E-state index contributed by atoms with van der Waals surface area (Å²) in [4.78, 5) is 20.9. The number of hydrogen-bond acceptors (Lipinski definition) is 4. The molecule has 1 heterocycles. The van der Waals surface area contributed by atoms with Gasteiger partial charge in [0.15, 0.2) is 0 Å². The molecule has 1 aliphatic heterocycles. The van der Waals surface area contributed by atoms with E-state index in [-0.39, 0.29) is 5.78 Å². The Hall–Kier alpha value is -0.940. The van der Waals surface area contributed by atoms with E-state index in [0.29, 0.717) is 0 Å². The van der Waals surface area contributed by atoms with Gasteiger partial charge in [-0.1, -0.05) is 0 Å². The van der Waals surface area contributed by atoms with Crippen LogP contribution in [0, 0.1) is 0 Å². The Bertz CT molecular complexity index is 175. The average Bonchev–Trinajstić information content (AvgIpc) is 2.03. The molecule has 0 radical (unpaired) electrons. The van der Waals surface area contributed by atoms with E-state index >= 15 is 0 Å². The van der Waals surface area contributed by atoms with Crippen LogP contribution in [0.25, 0.3) is 0 Å². The minimum absolute atomic E-state index is 0.375. The normalized spacial score (nSPS) is 16.7. The molecular formula is C9H17NO4. The third kappa shape index (κ3) is 9.15. The number of ketones is 1. The van der Waals surface area contributed by atoms with Gasteiger partial charge in [0.1, 0.15) is 18.9 Å². The van der Waals surface area contributed by atoms with Crippen molar-refractivity contribution in [3.8, 4) is 0 Å². The van der Waals surface area contributed by atoms with E-state index in [9.17, 15) is 14.7 Å². The molecule has 0 amide bonds. The zero-order chi connectivity index (χ0) is 11.0. The number of carboxylic acids is 1. The Labute approximate surface area is 83.6 Å². The second-order valence-corrected chi connectivity index (χ2v) is 3.32. The fourth-order valence-electron chi connectivity index (χ4n) is 0.923. The number of ether oxygens (including phenoxy) is 1. The van der Waals surface area contributed by atoms with E-state index in [1.54, 1.807) is 4.90 Å². The molecule has 0 saturated carbocycles. The van der Waals surface area contributed by atoms with Crippen LogP contribution in [0.15, 0.2) is 0 Å². The van der Waals surface area contributed by atoms with Gasteiger partial charge in [0, 0.05) is 12.4 Å². The van der Waals surface area contributed by atoms with Gasteiger partial charge in [-0.3, -0.25) is 4.79 Å². The molecule has 1 fully saturated rings. The van der Waals surface area contributed by atoms with Crippen molar-refractivity contribution in [2.45, 2.75) is 13.3 Å². The summed E-state index contributed by atoms with van der Waals surface area (Å²) < 4.78 is 5.12. The lowest BCUT2D eigenvalue weighted by atomic mass is 10.3. The van der Waals surface area contributed by atoms with E-state index in [0.717, 1.165) is 13.2 Å². The Morgan fingerprint density at radius 2 is 1.86 bits per heavy atom. The number of likely N-dealkylation sites (N-methyl/N-ethyl adjacent to an activating group) is 1. The van der Waals surface area contributed by atoms with Crippen LogP contribution in [0.3, 0.4) is 0 Å². The summed E-state index contributed by atoms with van der Waals surface area (Å²) in [5.74, 6) is -1.69. The van der Waals surface area contributed by atoms with Crippen molar-refractivity contribution in [1.29, 1.82) is 0 Å². The van der Waals surface area contributed by atoms with Crippen LogP contribution in [-0.2, 0) is 14.3 Å². The molecule has 0 aromatic heterocycles. The highest BCUT2D eigenvalue weighted by molar-refractivity contribution is 5.92. The summed E-state index contributed by atoms with van der Waals surface area (Å²) in [6, 6.07) is 0. The van der Waals surface area contributed by atoms with Gasteiger partial charge in [0.05, 0.1) is 20.3 Å². The van der Waals surface area contributed by atoms with Crippen LogP contribution in [-0.4, -0.2) is 45.1 Å². The lowest BCUT2D eigenvalue weighted by Gasteiger charge is -2.18. The molecule has 0 bridgehead atoms. The second kappa shape index (κ2) is 7.46. The van der Waals surface area contributed by atoms with Crippen molar-refractivity contribution in [2.75, 3.05) is 33.4 Å². The van der Waals surface area contributed by atoms with Gasteiger partial charge in [0.25, 0.3) is 0 Å². The second-order valence-electron chi connectivity index (χ2n) is 3.32. The molecule has 0 aromatic carbocycles. The zero-order valence-corrected chi connectivity index (χ0v) is 8.67. The molecule has 0 unspecified atom stereocenters. The van der Waals surface area contributed by atoms with Crippen molar-refractivity contribution >= 4 is 11.8 Å². The Morgan fingerprint density at radius 3 is 2.00 bits per heavy atom. The van der Waals surface area contributed by atoms with Crippen molar-refractivity contribution < 1.29 is 24.3 Å². The largest absolute Gasteiger partial charge is 0.550 e. The quantitative estimate of drug-likeness (QED) is 0.494. The van der Waals surface area contributed by atoms with Crippen molar-refractivity contribution in [3.63, 3.8) is 0 Å². The minimum atomic E-state index is -1.31. The average molecular weight is 203 g/mol. The third-order valence-corrected chi connectivity index (χ3v) is 1.74. The number of carbonyl (C=O) groups is 2. The first kappa shape index (κ1) is 13.1. The van der Waals surface area contributed by atoms with Crippen LogP contribution in [0.2, 0.25) is 0 Å². The van der Waals surface area contributed by atoms with E-state index in [2.05, 4.69) is 7.05 Å². The smallest absolute Gasteiger partial charge is 0.135 e. The SMILES string of the molecule is CC(=O)CC(=O)[O-].C[NH+]1CCOCC1. The predicted molar refractivity (Wildman–Crippen MR) is 47.7 cm³/mol. The van der Waals surface area contributed by atoms with Gasteiger partial charge in [-0.05, 0) is 6.92 Å². The number of morpholine rings is 1. The molecule has 5 heteroatoms. The van der Waals surface area contributed by atoms with E-state index in [4.69, 9.17) is 4.74 Å². The Balaban J connectivity index is 0.000000241. The molecule has 0 spiro atoms. The van der Waals surface area contributed by atoms with Gasteiger partial charge in [-0.25, -0.2) is 0 Å². The predicted octanol–water partition coefficient (Wildman–Crippen LogP) is -2.75. The highest BCUT2D eigenvalue weighted by Crippen LogP contribution is 1.74. The lowest BCUT2D eigenvalue weighted by molar-refractivity contribution is -0.888. The molecule has 0 aliphatic carbocycles. The van der Waals surface area contributed by atoms with Gasteiger partial charge in [-0.15, -0.1) is 0 Å². The highest BCUT2D eigenvalue weighted by atomic mass is 16.5. The van der Waals surface area contributed by atoms with Crippen LogP contribution in [0.4, 0.5) is 0 Å². The molecule has 82 valence electrons. The van der Waals surface area contributed by atoms with E-state index in [1.165, 1.54) is 20.0 Å². The molecule has 1 N–H and O–H groups in total. The van der Waals surface area contributed by atoms with Crippen molar-refractivity contribution in [1.82, 2.24) is 0 Å². The van der Waals surface area contributed by atoms with Crippen molar-refractivity contribution in [3.05, 3.63) is 0 Å². The number of quaternary nitrogens is 1. The monoisotopic (exact) mass is 203 g/mol. The van der Waals surface area contributed by atoms with Gasteiger partial charge < -0.3 is 19.5 Å². The van der Waals surface area contributed by atoms with Gasteiger partial charge in [0.2, 0.25) is 0 Å². The third-order valence-electron chi connectivity index (χ3n) is 1.74. The summed E-state index contributed by atoms with van der Waals surface area (Å²) in [6.45, 7) is 5.47. The van der Waals surface area contributed by atoms with Gasteiger partial charge >= 0.3 is 0 Å². The molecule has 1 aliphatic rings. The van der Waals surface area contributed by atoms with Crippen LogP contribution >= 0.6 is 0 Å². The standard InChI is InChI=1S/C5H11NO.C4H6O3/c1-6-2-4-7-5-3-6;1-3(5)2-4(6)7/h2-5H2,1H3;2H2,1H3,(H,6,7). The maximum atomic E-state index is 9.83. The fourth-order valence-corrected chi connectivity index (χ4v) is 0.923. The molecule has 14 heavy (non-hydrogen) atoms. The number of nitrogens with one attached hydrogen (secondary N) is 1. The number of Topliss-reactive ketones (excluding diaryl/α,β-unsaturated/α-hetero) is 1. The molecule has 0 aromatic rings. The Morgan fingerprint density at radius 1 is 1.36 bits per heavy atom. The maximum Gasteiger partial charge on any atom is 0.135 e. The van der Waals surface area contributed by atoms with Crippen LogP contribution in [0.1, 0.15) is 13.3 Å². The highest BCUT2D eigenvalue weighted by Gasteiger charge is 2.05. The zero-order valence-electron chi connectivity index (χ0n) is 8.67. The number of carbonyl (C=O) groups excluding carboxylic acids is 2. The number of hydrogen-bond donors (Lipinski definition) is 1. The van der Waals surface area contributed by atoms with E-state index < -0.39 is 12.4 Å². The molecule has 0 atom stereocenters.